The van der Waals surface area contributed by atoms with Gasteiger partial charge in [-0.3, -0.25) is 19.2 Å². The third-order valence-corrected chi connectivity index (χ3v) is 4.82. The molecule has 7 N–H and O–H groups in total. The maximum atomic E-state index is 12.9. The zero-order chi connectivity index (χ0) is 22.1. The maximum absolute atomic E-state index is 12.9. The van der Waals surface area contributed by atoms with Gasteiger partial charge in [-0.05, 0) is 19.3 Å². The first-order valence-electron chi connectivity index (χ1n) is 8.95. The third-order valence-electron chi connectivity index (χ3n) is 4.43. The summed E-state index contributed by atoms with van der Waals surface area (Å²) in [7, 11) is 0. The molecule has 0 aromatic rings. The highest BCUT2D eigenvalue weighted by molar-refractivity contribution is 7.80. The largest absolute Gasteiger partial charge is 0.481 e. The standard InChI is InChI=1S/C16H26N4O8S/c17-8(7-29)13(24)18-9(3-4-12(22)23)15(26)20-5-1-2-11(20)14(25)19-10(6-21)16(27)28/h8-11,21,29H,1-7,17H2,(H,18,24)(H,19,25)(H,22,23)(H,27,28). The summed E-state index contributed by atoms with van der Waals surface area (Å²) in [6.45, 7) is -0.646. The van der Waals surface area contributed by atoms with Crippen LogP contribution in [-0.2, 0) is 24.0 Å². The van der Waals surface area contributed by atoms with Crippen LogP contribution in [0.15, 0.2) is 0 Å². The zero-order valence-electron chi connectivity index (χ0n) is 15.6. The fourth-order valence-electron chi connectivity index (χ4n) is 2.84. The van der Waals surface area contributed by atoms with Crippen LogP contribution in [0.2, 0.25) is 0 Å². The van der Waals surface area contributed by atoms with Crippen LogP contribution < -0.4 is 16.4 Å². The van der Waals surface area contributed by atoms with Crippen molar-refractivity contribution in [3.05, 3.63) is 0 Å². The number of hydrogen-bond acceptors (Lipinski definition) is 8. The van der Waals surface area contributed by atoms with Crippen molar-refractivity contribution in [2.24, 2.45) is 5.73 Å². The average Bonchev–Trinajstić information content (AvgIpc) is 3.17. The lowest BCUT2D eigenvalue weighted by molar-refractivity contribution is -0.145. The summed E-state index contributed by atoms with van der Waals surface area (Å²) >= 11 is 3.90. The van der Waals surface area contributed by atoms with E-state index < -0.39 is 66.9 Å². The molecule has 0 aromatic heterocycles. The molecule has 0 aromatic carbocycles. The van der Waals surface area contributed by atoms with Crippen molar-refractivity contribution in [3.63, 3.8) is 0 Å². The summed E-state index contributed by atoms with van der Waals surface area (Å²) in [5.41, 5.74) is 5.58. The minimum atomic E-state index is -1.52. The van der Waals surface area contributed by atoms with Crippen LogP contribution in [0.3, 0.4) is 0 Å². The Labute approximate surface area is 172 Å². The van der Waals surface area contributed by atoms with Crippen molar-refractivity contribution in [1.82, 2.24) is 15.5 Å². The molecule has 1 heterocycles. The molecule has 0 bridgehead atoms. The van der Waals surface area contributed by atoms with Crippen LogP contribution in [0.5, 0.6) is 0 Å². The molecule has 0 saturated carbocycles. The number of carboxylic acid groups (broad SMARTS) is 2. The molecule has 1 fully saturated rings. The number of amides is 3. The molecule has 1 saturated heterocycles. The Kier molecular flexibility index (Phi) is 9.85. The van der Waals surface area contributed by atoms with Gasteiger partial charge in [-0.25, -0.2) is 4.79 Å². The molecule has 164 valence electrons. The second-order valence-electron chi connectivity index (χ2n) is 6.55. The Balaban J connectivity index is 2.93. The van der Waals surface area contributed by atoms with Crippen molar-refractivity contribution in [1.29, 1.82) is 0 Å². The Bertz CT molecular complexity index is 646. The number of nitrogens with zero attached hydrogens (tertiary/aromatic N) is 1. The molecular weight excluding hydrogens is 408 g/mol. The van der Waals surface area contributed by atoms with E-state index >= 15 is 0 Å². The summed E-state index contributed by atoms with van der Waals surface area (Å²) in [5, 5.41) is 31.5. The number of aliphatic hydroxyl groups is 1. The number of carboxylic acids is 2. The van der Waals surface area contributed by atoms with Gasteiger partial charge in [-0.2, -0.15) is 12.6 Å². The molecule has 29 heavy (non-hydrogen) atoms. The van der Waals surface area contributed by atoms with Crippen LogP contribution in [0, 0.1) is 0 Å². The molecule has 0 spiro atoms. The lowest BCUT2D eigenvalue weighted by Crippen LogP contribution is -2.57. The van der Waals surface area contributed by atoms with Crippen molar-refractivity contribution in [2.45, 2.75) is 49.9 Å². The van der Waals surface area contributed by atoms with Gasteiger partial charge >= 0.3 is 11.9 Å². The van der Waals surface area contributed by atoms with E-state index in [9.17, 15) is 24.0 Å². The van der Waals surface area contributed by atoms with E-state index in [2.05, 4.69) is 23.3 Å². The van der Waals surface area contributed by atoms with Gasteiger partial charge in [0, 0.05) is 18.7 Å². The SMILES string of the molecule is NC(CS)C(=O)NC(CCC(=O)O)C(=O)N1CCCC1C(=O)NC(CO)C(=O)O. The molecule has 0 aliphatic carbocycles. The fourth-order valence-corrected chi connectivity index (χ4v) is 3.01. The topological polar surface area (TPSA) is 199 Å². The number of hydrogen-bond donors (Lipinski definition) is 7. The van der Waals surface area contributed by atoms with Gasteiger partial charge in [0.1, 0.15) is 18.1 Å². The van der Waals surface area contributed by atoms with Crippen molar-refractivity contribution < 1.29 is 39.3 Å². The lowest BCUT2D eigenvalue weighted by atomic mass is 10.1. The Hall–Kier alpha value is -2.38. The van der Waals surface area contributed by atoms with Crippen LogP contribution in [-0.4, -0.2) is 93.0 Å². The molecule has 4 unspecified atom stereocenters. The van der Waals surface area contributed by atoms with Crippen LogP contribution in [0.4, 0.5) is 0 Å². The number of nitrogens with one attached hydrogen (secondary N) is 2. The van der Waals surface area contributed by atoms with Crippen LogP contribution in [0.25, 0.3) is 0 Å². The molecule has 0 radical (unpaired) electrons. The molecule has 13 heteroatoms. The first-order valence-corrected chi connectivity index (χ1v) is 9.58. The molecule has 1 aliphatic heterocycles. The summed E-state index contributed by atoms with van der Waals surface area (Å²) in [6.07, 6.45) is 0.100. The monoisotopic (exact) mass is 434 g/mol. The Morgan fingerprint density at radius 1 is 1.14 bits per heavy atom. The predicted molar refractivity (Wildman–Crippen MR) is 102 cm³/mol. The van der Waals surface area contributed by atoms with Crippen LogP contribution >= 0.6 is 12.6 Å². The van der Waals surface area contributed by atoms with Gasteiger partial charge in [-0.1, -0.05) is 0 Å². The first-order chi connectivity index (χ1) is 13.6. The van der Waals surface area contributed by atoms with E-state index in [1.165, 1.54) is 4.90 Å². The third kappa shape index (κ3) is 7.18. The van der Waals surface area contributed by atoms with E-state index in [1.54, 1.807) is 0 Å². The smallest absolute Gasteiger partial charge is 0.328 e. The second kappa shape index (κ2) is 11.6. The second-order valence-corrected chi connectivity index (χ2v) is 6.92. The molecule has 1 rings (SSSR count). The van der Waals surface area contributed by atoms with E-state index in [4.69, 9.17) is 21.1 Å². The Morgan fingerprint density at radius 3 is 2.31 bits per heavy atom. The van der Waals surface area contributed by atoms with Crippen molar-refractivity contribution >= 4 is 42.3 Å². The van der Waals surface area contributed by atoms with Crippen molar-refractivity contribution in [2.75, 3.05) is 18.9 Å². The normalized spacial score (nSPS) is 19.1. The van der Waals surface area contributed by atoms with Crippen LogP contribution in [0.1, 0.15) is 25.7 Å². The maximum Gasteiger partial charge on any atom is 0.328 e. The molecule has 12 nitrogen and oxygen atoms in total. The highest BCUT2D eigenvalue weighted by Gasteiger charge is 2.39. The summed E-state index contributed by atoms with van der Waals surface area (Å²) in [4.78, 5) is 60.4. The molecular formula is C16H26N4O8S. The number of thiol groups is 1. The van der Waals surface area contributed by atoms with Gasteiger partial charge in [0.2, 0.25) is 17.7 Å². The number of nitrogens with two attached hydrogens (primary N) is 1. The van der Waals surface area contributed by atoms with Gasteiger partial charge in [0.15, 0.2) is 0 Å². The number of aliphatic carboxylic acids is 2. The number of carbonyl (C=O) groups excluding carboxylic acids is 3. The zero-order valence-corrected chi connectivity index (χ0v) is 16.5. The molecule has 4 atom stereocenters. The summed E-state index contributed by atoms with van der Waals surface area (Å²) < 4.78 is 0. The van der Waals surface area contributed by atoms with E-state index in [0.717, 1.165) is 0 Å². The van der Waals surface area contributed by atoms with E-state index in [0.29, 0.717) is 6.42 Å². The van der Waals surface area contributed by atoms with Gasteiger partial charge < -0.3 is 36.6 Å². The van der Waals surface area contributed by atoms with Crippen molar-refractivity contribution in [3.8, 4) is 0 Å². The lowest BCUT2D eigenvalue weighted by Gasteiger charge is -2.29. The van der Waals surface area contributed by atoms with Gasteiger partial charge in [0.05, 0.1) is 12.6 Å². The van der Waals surface area contributed by atoms with Gasteiger partial charge in [0.25, 0.3) is 0 Å². The highest BCUT2D eigenvalue weighted by atomic mass is 32.1. The predicted octanol–water partition coefficient (Wildman–Crippen LogP) is -2.85. The van der Waals surface area contributed by atoms with E-state index in [1.807, 2.05) is 0 Å². The number of aliphatic hydroxyl groups excluding tert-OH is 1. The Morgan fingerprint density at radius 2 is 1.79 bits per heavy atom. The van der Waals surface area contributed by atoms with E-state index in [-0.39, 0.29) is 25.1 Å². The molecule has 1 aliphatic rings. The minimum Gasteiger partial charge on any atom is -0.481 e. The highest BCUT2D eigenvalue weighted by Crippen LogP contribution is 2.20. The number of carbonyl (C=O) groups is 5. The summed E-state index contributed by atoms with van der Waals surface area (Å²) in [6, 6.07) is -4.74. The minimum absolute atomic E-state index is 0.0121. The van der Waals surface area contributed by atoms with Gasteiger partial charge in [-0.15, -0.1) is 0 Å². The number of likely N-dealkylation sites (tertiary alicyclic amines) is 1. The quantitative estimate of drug-likeness (QED) is 0.167. The average molecular weight is 434 g/mol. The molecule has 3 amide bonds. The number of rotatable bonds is 11. The summed E-state index contributed by atoms with van der Waals surface area (Å²) in [5.74, 6) is -4.69. The first kappa shape index (κ1) is 24.7. The fraction of sp³-hybridized carbons (Fsp3) is 0.688.